The number of carboxylic acids is 1. The molecule has 110 valence electrons. The highest BCUT2D eigenvalue weighted by atomic mass is 16.4. The van der Waals surface area contributed by atoms with E-state index in [-0.39, 0.29) is 17.9 Å². The minimum absolute atomic E-state index is 0.0769. The summed E-state index contributed by atoms with van der Waals surface area (Å²) in [4.78, 5) is 23.3. The van der Waals surface area contributed by atoms with Crippen LogP contribution in [0.2, 0.25) is 0 Å². The normalized spacial score (nSPS) is 25.7. The Labute approximate surface area is 116 Å². The number of carbonyl (C=O) groups excluding carboxylic acids is 1. The van der Waals surface area contributed by atoms with Gasteiger partial charge in [-0.25, -0.2) is 0 Å². The average Bonchev–Trinajstić information content (AvgIpc) is 2.89. The van der Waals surface area contributed by atoms with Crippen LogP contribution in [0.25, 0.3) is 0 Å². The third-order valence-electron chi connectivity index (χ3n) is 4.27. The molecule has 1 fully saturated rings. The lowest BCUT2D eigenvalue weighted by molar-refractivity contribution is -0.140. The van der Waals surface area contributed by atoms with E-state index in [1.807, 2.05) is 13.8 Å². The third kappa shape index (κ3) is 3.71. The summed E-state index contributed by atoms with van der Waals surface area (Å²) in [5, 5.41) is 12.2. The van der Waals surface area contributed by atoms with Gasteiger partial charge in [0.2, 0.25) is 5.91 Å². The van der Waals surface area contributed by atoms with Crippen LogP contribution in [0.1, 0.15) is 59.8 Å². The van der Waals surface area contributed by atoms with Crippen LogP contribution in [0.5, 0.6) is 0 Å². The van der Waals surface area contributed by atoms with Crippen molar-refractivity contribution >= 4 is 11.9 Å². The first-order valence-corrected chi connectivity index (χ1v) is 7.39. The van der Waals surface area contributed by atoms with Crippen molar-refractivity contribution in [3.8, 4) is 0 Å². The predicted octanol–water partition coefficient (Wildman–Crippen LogP) is 2.82. The molecule has 1 unspecified atom stereocenters. The predicted molar refractivity (Wildman–Crippen MR) is 74.8 cm³/mol. The van der Waals surface area contributed by atoms with E-state index in [0.29, 0.717) is 0 Å². The van der Waals surface area contributed by atoms with Crippen molar-refractivity contribution in [3.63, 3.8) is 0 Å². The summed E-state index contributed by atoms with van der Waals surface area (Å²) in [6.45, 7) is 7.95. The van der Waals surface area contributed by atoms with Gasteiger partial charge in [-0.05, 0) is 18.3 Å². The van der Waals surface area contributed by atoms with E-state index in [4.69, 9.17) is 5.11 Å². The summed E-state index contributed by atoms with van der Waals surface area (Å²) in [7, 11) is 0. The summed E-state index contributed by atoms with van der Waals surface area (Å²) < 4.78 is 0. The second-order valence-electron chi connectivity index (χ2n) is 6.25. The summed E-state index contributed by atoms with van der Waals surface area (Å²) in [6, 6.07) is 0.197. The third-order valence-corrected chi connectivity index (χ3v) is 4.27. The minimum Gasteiger partial charge on any atom is -0.481 e. The average molecular weight is 269 g/mol. The maximum atomic E-state index is 12.2. The van der Waals surface area contributed by atoms with Gasteiger partial charge in [0, 0.05) is 6.04 Å². The van der Waals surface area contributed by atoms with Gasteiger partial charge in [0.05, 0.1) is 11.8 Å². The maximum absolute atomic E-state index is 12.2. The zero-order valence-corrected chi connectivity index (χ0v) is 12.5. The molecule has 1 amide bonds. The SMILES string of the molecule is CCCCC(CCC)NC(=O)[C@H]1[C@@H](C(=O)O)C1(C)C. The lowest BCUT2D eigenvalue weighted by Gasteiger charge is -2.18. The van der Waals surface area contributed by atoms with Gasteiger partial charge in [0.1, 0.15) is 0 Å². The number of nitrogens with one attached hydrogen (secondary N) is 1. The molecular formula is C15H27NO3. The van der Waals surface area contributed by atoms with Crippen LogP contribution in [-0.4, -0.2) is 23.0 Å². The van der Waals surface area contributed by atoms with Gasteiger partial charge in [-0.3, -0.25) is 9.59 Å². The first-order valence-electron chi connectivity index (χ1n) is 7.39. The van der Waals surface area contributed by atoms with E-state index < -0.39 is 17.3 Å². The molecule has 0 radical (unpaired) electrons. The van der Waals surface area contributed by atoms with Crippen LogP contribution < -0.4 is 5.32 Å². The second-order valence-corrected chi connectivity index (χ2v) is 6.25. The summed E-state index contributed by atoms with van der Waals surface area (Å²) in [5.74, 6) is -1.83. The number of aliphatic carboxylic acids is 1. The fraction of sp³-hybridized carbons (Fsp3) is 0.867. The Morgan fingerprint density at radius 1 is 1.16 bits per heavy atom. The Kier molecular flexibility index (Phi) is 5.39. The van der Waals surface area contributed by atoms with Gasteiger partial charge >= 0.3 is 5.97 Å². The fourth-order valence-electron chi connectivity index (χ4n) is 2.97. The largest absolute Gasteiger partial charge is 0.481 e. The van der Waals surface area contributed by atoms with Crippen molar-refractivity contribution in [1.29, 1.82) is 0 Å². The summed E-state index contributed by atoms with van der Waals surface area (Å²) >= 11 is 0. The smallest absolute Gasteiger partial charge is 0.307 e. The Bertz CT molecular complexity index is 338. The molecule has 0 aromatic carbocycles. The highest BCUT2D eigenvalue weighted by Gasteiger charge is 2.65. The van der Waals surface area contributed by atoms with Crippen molar-refractivity contribution < 1.29 is 14.7 Å². The highest BCUT2D eigenvalue weighted by Crippen LogP contribution is 2.58. The molecule has 1 rings (SSSR count). The van der Waals surface area contributed by atoms with Crippen molar-refractivity contribution in [1.82, 2.24) is 5.32 Å². The summed E-state index contributed by atoms with van der Waals surface area (Å²) in [6.07, 6.45) is 5.20. The molecular weight excluding hydrogens is 242 g/mol. The monoisotopic (exact) mass is 269 g/mol. The molecule has 0 aliphatic heterocycles. The molecule has 1 aliphatic rings. The molecule has 2 N–H and O–H groups in total. The highest BCUT2D eigenvalue weighted by molar-refractivity contribution is 5.91. The van der Waals surface area contributed by atoms with Crippen LogP contribution in [0.15, 0.2) is 0 Å². The van der Waals surface area contributed by atoms with Gasteiger partial charge in [0.25, 0.3) is 0 Å². The molecule has 1 aliphatic carbocycles. The Morgan fingerprint density at radius 3 is 2.21 bits per heavy atom. The number of hydrogen-bond donors (Lipinski definition) is 2. The quantitative estimate of drug-likeness (QED) is 0.712. The van der Waals surface area contributed by atoms with Crippen molar-refractivity contribution in [2.24, 2.45) is 17.3 Å². The van der Waals surface area contributed by atoms with Crippen LogP contribution >= 0.6 is 0 Å². The Morgan fingerprint density at radius 2 is 1.79 bits per heavy atom. The van der Waals surface area contributed by atoms with E-state index in [2.05, 4.69) is 19.2 Å². The maximum Gasteiger partial charge on any atom is 0.307 e. The van der Waals surface area contributed by atoms with Gasteiger partial charge in [-0.15, -0.1) is 0 Å². The van der Waals surface area contributed by atoms with Crippen molar-refractivity contribution in [3.05, 3.63) is 0 Å². The lowest BCUT2D eigenvalue weighted by Crippen LogP contribution is -2.37. The van der Waals surface area contributed by atoms with Crippen LogP contribution in [0.3, 0.4) is 0 Å². The number of hydrogen-bond acceptors (Lipinski definition) is 2. The van der Waals surface area contributed by atoms with Gasteiger partial charge in [-0.2, -0.15) is 0 Å². The molecule has 4 nitrogen and oxygen atoms in total. The molecule has 4 heteroatoms. The van der Waals surface area contributed by atoms with Crippen molar-refractivity contribution in [2.45, 2.75) is 65.8 Å². The standard InChI is InChI=1S/C15H27NO3/c1-5-7-9-10(8-6-2)16-13(17)11-12(14(18)19)15(11,3)4/h10-12H,5-9H2,1-4H3,(H,16,17)(H,18,19)/t10?,11-,12+/m1/s1. The Hall–Kier alpha value is -1.06. The molecule has 0 spiro atoms. The molecule has 0 saturated heterocycles. The van der Waals surface area contributed by atoms with Crippen LogP contribution in [0, 0.1) is 17.3 Å². The first kappa shape index (κ1) is 16.0. The number of unbranched alkanes of at least 4 members (excludes halogenated alkanes) is 1. The number of rotatable bonds is 8. The number of carbonyl (C=O) groups is 2. The minimum atomic E-state index is -0.856. The zero-order chi connectivity index (χ0) is 14.6. The fourth-order valence-corrected chi connectivity index (χ4v) is 2.97. The lowest BCUT2D eigenvalue weighted by atomic mass is 10.0. The van der Waals surface area contributed by atoms with Crippen LogP contribution in [0.4, 0.5) is 0 Å². The van der Waals surface area contributed by atoms with Gasteiger partial charge in [-0.1, -0.05) is 47.0 Å². The first-order chi connectivity index (χ1) is 8.86. The second kappa shape index (κ2) is 6.40. The van der Waals surface area contributed by atoms with E-state index in [1.54, 1.807) is 0 Å². The van der Waals surface area contributed by atoms with Gasteiger partial charge in [0.15, 0.2) is 0 Å². The molecule has 0 aromatic heterocycles. The molecule has 0 heterocycles. The topological polar surface area (TPSA) is 66.4 Å². The molecule has 1 saturated carbocycles. The zero-order valence-electron chi connectivity index (χ0n) is 12.5. The number of carboxylic acid groups (broad SMARTS) is 1. The van der Waals surface area contributed by atoms with E-state index in [9.17, 15) is 9.59 Å². The molecule has 0 bridgehead atoms. The number of amides is 1. The van der Waals surface area contributed by atoms with Crippen molar-refractivity contribution in [2.75, 3.05) is 0 Å². The molecule has 3 atom stereocenters. The molecule has 0 aromatic rings. The summed E-state index contributed by atoms with van der Waals surface area (Å²) in [5.41, 5.74) is -0.405. The molecule has 19 heavy (non-hydrogen) atoms. The van der Waals surface area contributed by atoms with E-state index >= 15 is 0 Å². The van der Waals surface area contributed by atoms with E-state index in [1.165, 1.54) is 0 Å². The van der Waals surface area contributed by atoms with Crippen LogP contribution in [-0.2, 0) is 9.59 Å². The van der Waals surface area contributed by atoms with E-state index in [0.717, 1.165) is 32.1 Å². The van der Waals surface area contributed by atoms with Gasteiger partial charge < -0.3 is 10.4 Å². The Balaban J connectivity index is 2.56.